The van der Waals surface area contributed by atoms with E-state index in [1.807, 2.05) is 34.9 Å². The molecular weight excluding hydrogens is 490 g/mol. The summed E-state index contributed by atoms with van der Waals surface area (Å²) in [7, 11) is 3.12. The minimum Gasteiger partial charge on any atom is -0.493 e. The van der Waals surface area contributed by atoms with Crippen LogP contribution in [-0.4, -0.2) is 46.6 Å². The molecule has 0 unspecified atom stereocenters. The number of aromatic nitrogens is 3. The van der Waals surface area contributed by atoms with Crippen LogP contribution in [-0.2, 0) is 29.1 Å². The molecule has 194 valence electrons. The Morgan fingerprint density at radius 3 is 2.51 bits per heavy atom. The summed E-state index contributed by atoms with van der Waals surface area (Å²) in [6.07, 6.45) is 5.77. The van der Waals surface area contributed by atoms with E-state index in [1.165, 1.54) is 23.4 Å². The average Bonchev–Trinajstić information content (AvgIpc) is 3.31. The van der Waals surface area contributed by atoms with E-state index in [0.717, 1.165) is 17.7 Å². The van der Waals surface area contributed by atoms with Crippen LogP contribution in [0.15, 0.2) is 66.4 Å². The monoisotopic (exact) mass is 521 g/mol. The number of amides is 2. The number of benzene rings is 2. The number of hydrogen-bond acceptors (Lipinski definition) is 7. The van der Waals surface area contributed by atoms with Crippen LogP contribution >= 0.6 is 11.8 Å². The fourth-order valence-electron chi connectivity index (χ4n) is 3.37. The normalized spacial score (nSPS) is 10.8. The second-order valence-electron chi connectivity index (χ2n) is 7.85. The minimum atomic E-state index is -0.286. The first-order chi connectivity index (χ1) is 18.0. The second kappa shape index (κ2) is 13.9. The van der Waals surface area contributed by atoms with Gasteiger partial charge in [0.2, 0.25) is 11.8 Å². The van der Waals surface area contributed by atoms with Gasteiger partial charge in [-0.25, -0.2) is 0 Å². The predicted molar refractivity (Wildman–Crippen MR) is 146 cm³/mol. The molecule has 0 saturated heterocycles. The van der Waals surface area contributed by atoms with E-state index in [0.29, 0.717) is 29.0 Å². The van der Waals surface area contributed by atoms with Crippen molar-refractivity contribution >= 4 is 35.3 Å². The van der Waals surface area contributed by atoms with Crippen LogP contribution in [0.5, 0.6) is 11.5 Å². The Hall–Kier alpha value is -4.05. The van der Waals surface area contributed by atoms with Crippen LogP contribution in [0.2, 0.25) is 0 Å². The first-order valence-electron chi connectivity index (χ1n) is 11.7. The van der Waals surface area contributed by atoms with Crippen molar-refractivity contribution in [1.29, 1.82) is 0 Å². The number of carbonyl (C=O) groups is 2. The fraction of sp³-hybridized carbons (Fsp3) is 0.259. The molecule has 0 bridgehead atoms. The molecule has 9 nitrogen and oxygen atoms in total. The largest absolute Gasteiger partial charge is 0.493 e. The lowest BCUT2D eigenvalue weighted by Gasteiger charge is -2.09. The smallest absolute Gasteiger partial charge is 0.244 e. The summed E-state index contributed by atoms with van der Waals surface area (Å²) < 4.78 is 12.3. The summed E-state index contributed by atoms with van der Waals surface area (Å²) in [5, 5.41) is 14.7. The maximum absolute atomic E-state index is 12.4. The van der Waals surface area contributed by atoms with Crippen molar-refractivity contribution in [1.82, 2.24) is 20.1 Å². The second-order valence-corrected chi connectivity index (χ2v) is 8.79. The van der Waals surface area contributed by atoms with E-state index in [1.54, 1.807) is 38.5 Å². The molecule has 37 heavy (non-hydrogen) atoms. The quantitative estimate of drug-likeness (QED) is 0.198. The fourth-order valence-corrected chi connectivity index (χ4v) is 4.14. The van der Waals surface area contributed by atoms with Gasteiger partial charge in [0.15, 0.2) is 22.5 Å². The lowest BCUT2D eigenvalue weighted by atomic mass is 10.1. The zero-order valence-electron chi connectivity index (χ0n) is 21.2. The number of anilines is 1. The third-order valence-corrected chi connectivity index (χ3v) is 6.31. The number of nitrogens with one attached hydrogen (secondary N) is 2. The summed E-state index contributed by atoms with van der Waals surface area (Å²) in [4.78, 5) is 24.8. The summed E-state index contributed by atoms with van der Waals surface area (Å²) in [5.74, 6) is 1.50. The highest BCUT2D eigenvalue weighted by Crippen LogP contribution is 2.28. The Morgan fingerprint density at radius 1 is 1.08 bits per heavy atom. The Morgan fingerprint density at radius 2 is 1.84 bits per heavy atom. The number of nitrogens with zero attached hydrogens (tertiary/aromatic N) is 3. The number of thioether (sulfide) groups is 1. The SMILES string of the molecule is C=CCn1c(CNC(=O)C=Cc2ccc(OC)c(OC)c2)nnc1SCC(=O)Nc1ccc(CC)cc1. The molecule has 0 spiro atoms. The van der Waals surface area contributed by atoms with E-state index in [2.05, 4.69) is 34.3 Å². The molecule has 10 heteroatoms. The van der Waals surface area contributed by atoms with Gasteiger partial charge in [-0.3, -0.25) is 9.59 Å². The van der Waals surface area contributed by atoms with Gasteiger partial charge in [-0.1, -0.05) is 43.0 Å². The van der Waals surface area contributed by atoms with Crippen molar-refractivity contribution in [3.8, 4) is 11.5 Å². The van der Waals surface area contributed by atoms with Crippen LogP contribution in [0, 0.1) is 0 Å². The third-order valence-electron chi connectivity index (χ3n) is 5.34. The van der Waals surface area contributed by atoms with E-state index in [4.69, 9.17) is 9.47 Å². The molecule has 0 fully saturated rings. The van der Waals surface area contributed by atoms with Crippen LogP contribution < -0.4 is 20.1 Å². The van der Waals surface area contributed by atoms with Crippen LogP contribution in [0.1, 0.15) is 23.9 Å². The summed E-state index contributed by atoms with van der Waals surface area (Å²) in [6, 6.07) is 13.1. The van der Waals surface area contributed by atoms with Gasteiger partial charge in [-0.15, -0.1) is 16.8 Å². The lowest BCUT2D eigenvalue weighted by Crippen LogP contribution is -2.23. The summed E-state index contributed by atoms with van der Waals surface area (Å²) in [6.45, 7) is 6.49. The first-order valence-corrected chi connectivity index (χ1v) is 12.7. The number of ether oxygens (including phenoxy) is 2. The van der Waals surface area contributed by atoms with E-state index >= 15 is 0 Å². The standard InChI is InChI=1S/C27H31N5O4S/c1-5-15-32-24(17-28-25(33)14-10-20-9-13-22(35-3)23(16-20)36-4)30-31-27(32)37-18-26(34)29-21-11-7-19(6-2)8-12-21/h5,7-14,16H,1,6,15,17-18H2,2-4H3,(H,28,33)(H,29,34). The molecule has 1 aromatic heterocycles. The zero-order chi connectivity index (χ0) is 26.6. The molecule has 0 aliphatic carbocycles. The number of carbonyl (C=O) groups excluding carboxylic acids is 2. The van der Waals surface area contributed by atoms with Gasteiger partial charge in [0.25, 0.3) is 0 Å². The topological polar surface area (TPSA) is 107 Å². The number of methoxy groups -OCH3 is 2. The molecule has 0 aliphatic heterocycles. The predicted octanol–water partition coefficient (Wildman–Crippen LogP) is 4.10. The molecule has 0 saturated carbocycles. The van der Waals surface area contributed by atoms with Crippen molar-refractivity contribution < 1.29 is 19.1 Å². The molecule has 0 aliphatic rings. The molecule has 3 aromatic rings. The zero-order valence-corrected chi connectivity index (χ0v) is 22.0. The first kappa shape index (κ1) is 27.5. The highest BCUT2D eigenvalue weighted by molar-refractivity contribution is 7.99. The molecule has 0 atom stereocenters. The highest BCUT2D eigenvalue weighted by Gasteiger charge is 2.14. The van der Waals surface area contributed by atoms with Gasteiger partial charge in [0.05, 0.1) is 26.5 Å². The van der Waals surface area contributed by atoms with Gasteiger partial charge in [0, 0.05) is 18.3 Å². The van der Waals surface area contributed by atoms with Gasteiger partial charge < -0.3 is 24.7 Å². The van der Waals surface area contributed by atoms with Gasteiger partial charge in [-0.05, 0) is 47.9 Å². The summed E-state index contributed by atoms with van der Waals surface area (Å²) in [5.41, 5.74) is 2.75. The number of aryl methyl sites for hydroxylation is 1. The van der Waals surface area contributed by atoms with Crippen molar-refractivity contribution in [2.45, 2.75) is 31.6 Å². The van der Waals surface area contributed by atoms with Crippen molar-refractivity contribution in [2.24, 2.45) is 0 Å². The number of rotatable bonds is 13. The van der Waals surface area contributed by atoms with E-state index < -0.39 is 0 Å². The van der Waals surface area contributed by atoms with Crippen LogP contribution in [0.25, 0.3) is 6.08 Å². The molecule has 2 N–H and O–H groups in total. The Balaban J connectivity index is 1.56. The van der Waals surface area contributed by atoms with Gasteiger partial charge in [0.1, 0.15) is 0 Å². The molecule has 0 radical (unpaired) electrons. The van der Waals surface area contributed by atoms with Crippen molar-refractivity contribution in [3.63, 3.8) is 0 Å². The molecule has 2 amide bonds. The van der Waals surface area contributed by atoms with Crippen LogP contribution in [0.3, 0.4) is 0 Å². The number of hydrogen-bond donors (Lipinski definition) is 2. The number of allylic oxidation sites excluding steroid dienone is 1. The summed E-state index contributed by atoms with van der Waals surface area (Å²) >= 11 is 1.27. The highest BCUT2D eigenvalue weighted by atomic mass is 32.2. The van der Waals surface area contributed by atoms with Gasteiger partial charge in [-0.2, -0.15) is 0 Å². The molecule has 3 rings (SSSR count). The van der Waals surface area contributed by atoms with Crippen molar-refractivity contribution in [2.75, 3.05) is 25.3 Å². The molecular formula is C27H31N5O4S. The van der Waals surface area contributed by atoms with E-state index in [9.17, 15) is 9.59 Å². The van der Waals surface area contributed by atoms with Crippen molar-refractivity contribution in [3.05, 3.63) is 78.1 Å². The van der Waals surface area contributed by atoms with Crippen LogP contribution in [0.4, 0.5) is 5.69 Å². The molecule has 2 aromatic carbocycles. The third kappa shape index (κ3) is 7.97. The Kier molecular flexibility index (Phi) is 10.3. The maximum atomic E-state index is 12.4. The maximum Gasteiger partial charge on any atom is 0.244 e. The minimum absolute atomic E-state index is 0.141. The van der Waals surface area contributed by atoms with E-state index in [-0.39, 0.29) is 24.1 Å². The molecule has 1 heterocycles. The Labute approximate surface area is 221 Å². The van der Waals surface area contributed by atoms with Gasteiger partial charge >= 0.3 is 0 Å². The Bertz CT molecular complexity index is 1250. The average molecular weight is 522 g/mol. The lowest BCUT2D eigenvalue weighted by molar-refractivity contribution is -0.116.